The molecule has 0 aromatic heterocycles. The Kier molecular flexibility index (Phi) is 3.28. The van der Waals surface area contributed by atoms with Gasteiger partial charge in [-0.3, -0.25) is 4.79 Å². The molecule has 0 aliphatic heterocycles. The van der Waals surface area contributed by atoms with Gasteiger partial charge in [-0.25, -0.2) is 0 Å². The lowest BCUT2D eigenvalue weighted by Gasteiger charge is -1.88. The van der Waals surface area contributed by atoms with Crippen molar-refractivity contribution in [2.75, 3.05) is 7.11 Å². The smallest absolute Gasteiger partial charge is 0.174 e. The van der Waals surface area contributed by atoms with E-state index in [0.717, 1.165) is 0 Å². The highest BCUT2D eigenvalue weighted by atomic mass is 35.5. The van der Waals surface area contributed by atoms with Crippen LogP contribution >= 0.6 is 11.6 Å². The molecule has 0 heterocycles. The fourth-order valence-electron chi connectivity index (χ4n) is 0.186. The summed E-state index contributed by atoms with van der Waals surface area (Å²) in [6.07, 6.45) is 1.20. The van der Waals surface area contributed by atoms with E-state index in [1.54, 1.807) is 0 Å². The summed E-state index contributed by atoms with van der Waals surface area (Å²) < 4.78 is 4.45. The SMILES string of the molecule is COC=C(Cl)C(C)=O. The molecule has 0 saturated heterocycles. The number of rotatable bonds is 2. The molecule has 0 aliphatic rings. The fraction of sp³-hybridized carbons (Fsp3) is 0.400. The molecule has 0 aromatic rings. The van der Waals surface area contributed by atoms with Crippen LogP contribution in [0.5, 0.6) is 0 Å². The number of ether oxygens (including phenoxy) is 1. The number of methoxy groups -OCH3 is 1. The molecule has 0 rings (SSSR count). The minimum atomic E-state index is -0.187. The summed E-state index contributed by atoms with van der Waals surface area (Å²) in [7, 11) is 1.44. The zero-order chi connectivity index (χ0) is 6.57. The monoisotopic (exact) mass is 134 g/mol. The third-order valence-corrected chi connectivity index (χ3v) is 0.913. The molecular weight excluding hydrogens is 128 g/mol. The van der Waals surface area contributed by atoms with Crippen LogP contribution in [0.25, 0.3) is 0 Å². The van der Waals surface area contributed by atoms with Crippen LogP contribution in [0.4, 0.5) is 0 Å². The normalized spacial score (nSPS) is 11.1. The maximum absolute atomic E-state index is 10.3. The van der Waals surface area contributed by atoms with Gasteiger partial charge in [0.15, 0.2) is 5.78 Å². The van der Waals surface area contributed by atoms with Gasteiger partial charge in [0.05, 0.1) is 7.11 Å². The Morgan fingerprint density at radius 3 is 2.38 bits per heavy atom. The van der Waals surface area contributed by atoms with Crippen LogP contribution in [-0.2, 0) is 9.53 Å². The summed E-state index contributed by atoms with van der Waals surface area (Å²) in [6, 6.07) is 0. The van der Waals surface area contributed by atoms with Gasteiger partial charge in [-0.2, -0.15) is 0 Å². The Morgan fingerprint density at radius 1 is 1.75 bits per heavy atom. The first-order valence-corrected chi connectivity index (χ1v) is 2.45. The van der Waals surface area contributed by atoms with E-state index in [1.165, 1.54) is 20.3 Å². The van der Waals surface area contributed by atoms with Crippen molar-refractivity contribution in [1.29, 1.82) is 0 Å². The van der Waals surface area contributed by atoms with Crippen LogP contribution in [0.15, 0.2) is 11.3 Å². The highest BCUT2D eigenvalue weighted by Crippen LogP contribution is 2.00. The molecule has 0 atom stereocenters. The number of carbonyl (C=O) groups excluding carboxylic acids is 1. The van der Waals surface area contributed by atoms with Gasteiger partial charge in [0.2, 0.25) is 0 Å². The molecule has 0 N–H and O–H groups in total. The Balaban J connectivity index is 3.80. The van der Waals surface area contributed by atoms with Crippen molar-refractivity contribution < 1.29 is 9.53 Å². The van der Waals surface area contributed by atoms with Gasteiger partial charge >= 0.3 is 0 Å². The number of carbonyl (C=O) groups is 1. The fourth-order valence-corrected chi connectivity index (χ4v) is 0.276. The molecule has 46 valence electrons. The van der Waals surface area contributed by atoms with Gasteiger partial charge in [0, 0.05) is 6.92 Å². The van der Waals surface area contributed by atoms with Gasteiger partial charge in [-0.05, 0) is 0 Å². The first-order valence-electron chi connectivity index (χ1n) is 2.08. The minimum Gasteiger partial charge on any atom is -0.503 e. The molecule has 0 radical (unpaired) electrons. The number of allylic oxidation sites excluding steroid dienone is 1. The van der Waals surface area contributed by atoms with Crippen LogP contribution in [0.1, 0.15) is 6.92 Å². The molecule has 0 fully saturated rings. The largest absolute Gasteiger partial charge is 0.503 e. The summed E-state index contributed by atoms with van der Waals surface area (Å²) >= 11 is 5.30. The maximum atomic E-state index is 10.3. The molecular formula is C5H7ClO2. The van der Waals surface area contributed by atoms with Gasteiger partial charge in [-0.15, -0.1) is 0 Å². The summed E-state index contributed by atoms with van der Waals surface area (Å²) in [5.41, 5.74) is 0. The molecule has 0 amide bonds. The zero-order valence-electron chi connectivity index (χ0n) is 4.77. The third-order valence-electron chi connectivity index (χ3n) is 0.558. The van der Waals surface area contributed by atoms with Crippen LogP contribution in [-0.4, -0.2) is 12.9 Å². The van der Waals surface area contributed by atoms with E-state index in [0.29, 0.717) is 0 Å². The predicted molar refractivity (Wildman–Crippen MR) is 31.6 cm³/mol. The van der Waals surface area contributed by atoms with Crippen molar-refractivity contribution in [3.63, 3.8) is 0 Å². The molecule has 3 heteroatoms. The van der Waals surface area contributed by atoms with Gasteiger partial charge in [0.1, 0.15) is 11.3 Å². The van der Waals surface area contributed by atoms with Crippen LogP contribution < -0.4 is 0 Å². The average molecular weight is 135 g/mol. The maximum Gasteiger partial charge on any atom is 0.174 e. The Bertz CT molecular complexity index is 118. The molecule has 0 aliphatic carbocycles. The van der Waals surface area contributed by atoms with E-state index in [9.17, 15) is 4.79 Å². The first kappa shape index (κ1) is 7.50. The van der Waals surface area contributed by atoms with E-state index < -0.39 is 0 Å². The second kappa shape index (κ2) is 3.50. The number of halogens is 1. The van der Waals surface area contributed by atoms with E-state index in [2.05, 4.69) is 4.74 Å². The Morgan fingerprint density at radius 2 is 2.25 bits per heavy atom. The lowest BCUT2D eigenvalue weighted by atomic mass is 10.4. The summed E-state index contributed by atoms with van der Waals surface area (Å²) in [6.45, 7) is 1.37. The second-order valence-corrected chi connectivity index (χ2v) is 1.66. The van der Waals surface area contributed by atoms with E-state index >= 15 is 0 Å². The molecule has 2 nitrogen and oxygen atoms in total. The number of ketones is 1. The predicted octanol–water partition coefficient (Wildman–Crippen LogP) is 1.30. The van der Waals surface area contributed by atoms with Crippen molar-refractivity contribution in [2.24, 2.45) is 0 Å². The highest BCUT2D eigenvalue weighted by Gasteiger charge is 1.95. The van der Waals surface area contributed by atoms with Crippen molar-refractivity contribution in [2.45, 2.75) is 6.92 Å². The standard InChI is InChI=1S/C5H7ClO2/c1-4(7)5(6)3-8-2/h3H,1-2H3. The Hall–Kier alpha value is -0.500. The van der Waals surface area contributed by atoms with Crippen molar-refractivity contribution >= 4 is 17.4 Å². The van der Waals surface area contributed by atoms with Gasteiger partial charge in [-0.1, -0.05) is 11.6 Å². The molecule has 0 aromatic carbocycles. The zero-order valence-corrected chi connectivity index (χ0v) is 5.53. The lowest BCUT2D eigenvalue weighted by Crippen LogP contribution is -1.88. The van der Waals surface area contributed by atoms with Crippen molar-refractivity contribution in [3.8, 4) is 0 Å². The molecule has 0 unspecified atom stereocenters. The molecule has 8 heavy (non-hydrogen) atoms. The summed E-state index contributed by atoms with van der Waals surface area (Å²) in [5, 5.41) is 0.118. The number of Topliss-reactive ketones (excluding diaryl/α,β-unsaturated/α-hetero) is 1. The summed E-state index contributed by atoms with van der Waals surface area (Å²) in [5.74, 6) is -0.187. The molecule has 0 saturated carbocycles. The molecule has 0 bridgehead atoms. The Labute approximate surface area is 53.1 Å². The lowest BCUT2D eigenvalue weighted by molar-refractivity contribution is -0.113. The van der Waals surface area contributed by atoms with Crippen molar-refractivity contribution in [3.05, 3.63) is 11.3 Å². The van der Waals surface area contributed by atoms with E-state index in [4.69, 9.17) is 11.6 Å². The third kappa shape index (κ3) is 2.64. The quantitative estimate of drug-likeness (QED) is 0.420. The van der Waals surface area contributed by atoms with Crippen LogP contribution in [0, 0.1) is 0 Å². The molecule has 0 spiro atoms. The number of hydrogen-bond acceptors (Lipinski definition) is 2. The number of hydrogen-bond donors (Lipinski definition) is 0. The topological polar surface area (TPSA) is 26.3 Å². The summed E-state index contributed by atoms with van der Waals surface area (Å²) in [4.78, 5) is 10.3. The second-order valence-electron chi connectivity index (χ2n) is 1.26. The first-order chi connectivity index (χ1) is 3.68. The van der Waals surface area contributed by atoms with Gasteiger partial charge in [0.25, 0.3) is 0 Å². The highest BCUT2D eigenvalue weighted by molar-refractivity contribution is 6.42. The van der Waals surface area contributed by atoms with Crippen LogP contribution in [0.3, 0.4) is 0 Å². The minimum absolute atomic E-state index is 0.118. The van der Waals surface area contributed by atoms with E-state index in [1.807, 2.05) is 0 Å². The average Bonchev–Trinajstić information content (AvgIpc) is 1.67. The van der Waals surface area contributed by atoms with E-state index in [-0.39, 0.29) is 10.8 Å². The van der Waals surface area contributed by atoms with Crippen LogP contribution in [0.2, 0.25) is 0 Å². The van der Waals surface area contributed by atoms with Gasteiger partial charge < -0.3 is 4.74 Å². The van der Waals surface area contributed by atoms with Crippen molar-refractivity contribution in [1.82, 2.24) is 0 Å².